The molecule has 4 aromatic rings. The van der Waals surface area contributed by atoms with E-state index in [2.05, 4.69) is 54.6 Å². The Morgan fingerprint density at radius 1 is 0.500 bits per heavy atom. The Morgan fingerprint density at radius 2 is 1.08 bits per heavy atom. The van der Waals surface area contributed by atoms with Crippen molar-refractivity contribution >= 4 is 10.8 Å². The molecule has 0 aliphatic heterocycles. The van der Waals surface area contributed by atoms with E-state index in [0.29, 0.717) is 0 Å². The molecule has 0 nitrogen and oxygen atoms in total. The summed E-state index contributed by atoms with van der Waals surface area (Å²) < 4.78 is 13.4. The molecule has 24 heavy (non-hydrogen) atoms. The van der Waals surface area contributed by atoms with Crippen molar-refractivity contribution < 1.29 is 4.39 Å². The SMILES string of the molecule is Fc1ccc([C@H](c2ccccc2)c2ccc3ccccc3c2)cc1. The molecule has 0 aliphatic carbocycles. The molecule has 0 heterocycles. The number of benzene rings is 4. The van der Waals surface area contributed by atoms with E-state index in [1.54, 1.807) is 0 Å². The minimum absolute atomic E-state index is 0.0939. The molecule has 0 unspecified atom stereocenters. The largest absolute Gasteiger partial charge is 0.207 e. The molecule has 0 aliphatic rings. The van der Waals surface area contributed by atoms with Crippen molar-refractivity contribution in [2.45, 2.75) is 5.92 Å². The summed E-state index contributed by atoms with van der Waals surface area (Å²) in [6, 6.07) is 32.1. The molecule has 0 spiro atoms. The monoisotopic (exact) mass is 312 g/mol. The van der Waals surface area contributed by atoms with E-state index >= 15 is 0 Å². The first kappa shape index (κ1) is 14.6. The van der Waals surface area contributed by atoms with Gasteiger partial charge < -0.3 is 0 Å². The molecular formula is C23H17F. The van der Waals surface area contributed by atoms with Crippen molar-refractivity contribution in [2.24, 2.45) is 0 Å². The molecule has 4 rings (SSSR count). The summed E-state index contributed by atoms with van der Waals surface area (Å²) in [7, 11) is 0. The molecule has 0 radical (unpaired) electrons. The van der Waals surface area contributed by atoms with Gasteiger partial charge in [-0.1, -0.05) is 84.9 Å². The summed E-state index contributed by atoms with van der Waals surface area (Å²) in [5.74, 6) is -0.111. The number of hydrogen-bond acceptors (Lipinski definition) is 0. The van der Waals surface area contributed by atoms with Gasteiger partial charge in [-0.15, -0.1) is 0 Å². The van der Waals surface area contributed by atoms with Crippen LogP contribution in [0.4, 0.5) is 4.39 Å². The summed E-state index contributed by atoms with van der Waals surface area (Å²) in [4.78, 5) is 0. The number of hydrogen-bond donors (Lipinski definition) is 0. The Kier molecular flexibility index (Phi) is 3.84. The van der Waals surface area contributed by atoms with E-state index < -0.39 is 0 Å². The highest BCUT2D eigenvalue weighted by atomic mass is 19.1. The highest BCUT2D eigenvalue weighted by molar-refractivity contribution is 5.83. The van der Waals surface area contributed by atoms with Gasteiger partial charge in [0.1, 0.15) is 5.82 Å². The molecule has 4 aromatic carbocycles. The van der Waals surface area contributed by atoms with Crippen LogP contribution in [0.25, 0.3) is 10.8 Å². The van der Waals surface area contributed by atoms with E-state index in [-0.39, 0.29) is 11.7 Å². The van der Waals surface area contributed by atoms with Crippen LogP contribution in [0.1, 0.15) is 22.6 Å². The lowest BCUT2D eigenvalue weighted by molar-refractivity contribution is 0.627. The van der Waals surface area contributed by atoms with Crippen molar-refractivity contribution in [1.82, 2.24) is 0 Å². The zero-order chi connectivity index (χ0) is 16.4. The Morgan fingerprint density at radius 3 is 1.83 bits per heavy atom. The zero-order valence-corrected chi connectivity index (χ0v) is 13.2. The van der Waals surface area contributed by atoms with Gasteiger partial charge in [0.05, 0.1) is 0 Å². The summed E-state index contributed by atoms with van der Waals surface area (Å²) in [6.45, 7) is 0. The first-order valence-corrected chi connectivity index (χ1v) is 8.10. The van der Waals surface area contributed by atoms with Crippen molar-refractivity contribution in [3.8, 4) is 0 Å². The maximum Gasteiger partial charge on any atom is 0.123 e. The third-order valence-electron chi connectivity index (χ3n) is 4.44. The minimum atomic E-state index is -0.205. The average Bonchev–Trinajstić information content (AvgIpc) is 2.64. The quantitative estimate of drug-likeness (QED) is 0.397. The molecule has 0 saturated heterocycles. The Bertz CT molecular complexity index is 956. The van der Waals surface area contributed by atoms with Gasteiger partial charge in [-0.3, -0.25) is 0 Å². The summed E-state index contributed by atoms with van der Waals surface area (Å²) in [6.07, 6.45) is 0. The minimum Gasteiger partial charge on any atom is -0.207 e. The van der Waals surface area contributed by atoms with Crippen LogP contribution in [-0.2, 0) is 0 Å². The van der Waals surface area contributed by atoms with E-state index in [1.165, 1.54) is 34.0 Å². The maximum atomic E-state index is 13.4. The standard InChI is InChI=1S/C23H17F/c24-22-14-12-19(13-15-22)23(18-7-2-1-3-8-18)21-11-10-17-6-4-5-9-20(17)16-21/h1-16,23H/t23-/m0/s1. The predicted octanol–water partition coefficient (Wildman–Crippen LogP) is 6.16. The lowest BCUT2D eigenvalue weighted by Gasteiger charge is -2.19. The third kappa shape index (κ3) is 2.81. The Balaban J connectivity index is 1.89. The fraction of sp³-hybridized carbons (Fsp3) is 0.0435. The Hall–Kier alpha value is -2.93. The van der Waals surface area contributed by atoms with E-state index in [1.807, 2.05) is 30.3 Å². The van der Waals surface area contributed by atoms with Gasteiger partial charge in [-0.2, -0.15) is 0 Å². The lowest BCUT2D eigenvalue weighted by Crippen LogP contribution is -2.03. The first-order chi connectivity index (χ1) is 11.8. The molecule has 1 atom stereocenters. The van der Waals surface area contributed by atoms with Crippen LogP contribution < -0.4 is 0 Å². The van der Waals surface area contributed by atoms with Crippen molar-refractivity contribution in [1.29, 1.82) is 0 Å². The van der Waals surface area contributed by atoms with Gasteiger partial charge in [0, 0.05) is 5.92 Å². The van der Waals surface area contributed by atoms with E-state index in [0.717, 1.165) is 5.56 Å². The third-order valence-corrected chi connectivity index (χ3v) is 4.44. The number of halogens is 1. The molecule has 0 aromatic heterocycles. The van der Waals surface area contributed by atoms with Crippen LogP contribution in [0.3, 0.4) is 0 Å². The van der Waals surface area contributed by atoms with Gasteiger partial charge in [0.15, 0.2) is 0 Å². The second-order valence-corrected chi connectivity index (χ2v) is 6.00. The van der Waals surface area contributed by atoms with Crippen LogP contribution in [0.2, 0.25) is 0 Å². The first-order valence-electron chi connectivity index (χ1n) is 8.10. The summed E-state index contributed by atoms with van der Waals surface area (Å²) >= 11 is 0. The number of fused-ring (bicyclic) bond motifs is 1. The fourth-order valence-corrected chi connectivity index (χ4v) is 3.27. The van der Waals surface area contributed by atoms with Crippen LogP contribution in [-0.4, -0.2) is 0 Å². The van der Waals surface area contributed by atoms with Crippen LogP contribution >= 0.6 is 0 Å². The second-order valence-electron chi connectivity index (χ2n) is 6.00. The molecule has 0 fully saturated rings. The predicted molar refractivity (Wildman–Crippen MR) is 97.7 cm³/mol. The topological polar surface area (TPSA) is 0 Å². The fourth-order valence-electron chi connectivity index (χ4n) is 3.27. The second kappa shape index (κ2) is 6.29. The van der Waals surface area contributed by atoms with Gasteiger partial charge in [-0.25, -0.2) is 4.39 Å². The molecule has 0 amide bonds. The van der Waals surface area contributed by atoms with Crippen molar-refractivity contribution in [3.63, 3.8) is 0 Å². The smallest absolute Gasteiger partial charge is 0.123 e. The zero-order valence-electron chi connectivity index (χ0n) is 13.2. The molecule has 0 saturated carbocycles. The van der Waals surface area contributed by atoms with Crippen LogP contribution in [0.5, 0.6) is 0 Å². The maximum absolute atomic E-state index is 13.4. The van der Waals surface area contributed by atoms with Gasteiger partial charge in [0.2, 0.25) is 0 Å². The summed E-state index contributed by atoms with van der Waals surface area (Å²) in [5.41, 5.74) is 3.52. The molecule has 0 N–H and O–H groups in total. The van der Waals surface area contributed by atoms with Crippen LogP contribution in [0.15, 0.2) is 97.1 Å². The average molecular weight is 312 g/mol. The van der Waals surface area contributed by atoms with Crippen LogP contribution in [0, 0.1) is 5.82 Å². The van der Waals surface area contributed by atoms with Crippen molar-refractivity contribution in [3.05, 3.63) is 120 Å². The number of rotatable bonds is 3. The van der Waals surface area contributed by atoms with Gasteiger partial charge in [0.25, 0.3) is 0 Å². The highest BCUT2D eigenvalue weighted by Crippen LogP contribution is 2.33. The van der Waals surface area contributed by atoms with E-state index in [9.17, 15) is 4.39 Å². The highest BCUT2D eigenvalue weighted by Gasteiger charge is 2.17. The normalized spacial score (nSPS) is 12.2. The van der Waals surface area contributed by atoms with Gasteiger partial charge in [-0.05, 0) is 39.6 Å². The molecule has 0 bridgehead atoms. The summed E-state index contributed by atoms with van der Waals surface area (Å²) in [5, 5.41) is 2.45. The van der Waals surface area contributed by atoms with E-state index in [4.69, 9.17) is 0 Å². The molecule has 1 heteroatoms. The van der Waals surface area contributed by atoms with Crippen molar-refractivity contribution in [2.75, 3.05) is 0 Å². The Labute approximate surface area is 141 Å². The lowest BCUT2D eigenvalue weighted by atomic mass is 9.84. The van der Waals surface area contributed by atoms with Gasteiger partial charge >= 0.3 is 0 Å². The molecule has 116 valence electrons. The molecular weight excluding hydrogens is 295 g/mol.